The van der Waals surface area contributed by atoms with Gasteiger partial charge < -0.3 is 9.84 Å². The molecule has 110 valence electrons. The van der Waals surface area contributed by atoms with E-state index in [1.165, 1.54) is 0 Å². The summed E-state index contributed by atoms with van der Waals surface area (Å²) in [6.07, 6.45) is 1.61. The molecule has 1 N–H and O–H groups in total. The maximum Gasteiger partial charge on any atom is 0.167 e. The van der Waals surface area contributed by atoms with Crippen LogP contribution in [0.1, 0.15) is 12.5 Å². The Morgan fingerprint density at radius 2 is 1.86 bits per heavy atom. The first-order valence-electron chi connectivity index (χ1n) is 6.16. The Kier molecular flexibility index (Phi) is 5.84. The highest BCUT2D eigenvalue weighted by molar-refractivity contribution is 9.13. The third-order valence-corrected chi connectivity index (χ3v) is 5.20. The van der Waals surface area contributed by atoms with Crippen LogP contribution in [0.3, 0.4) is 0 Å². The molecule has 6 heteroatoms. The summed E-state index contributed by atoms with van der Waals surface area (Å²) < 4.78 is 7.92. The van der Waals surface area contributed by atoms with Gasteiger partial charge >= 0.3 is 0 Å². The second-order valence-electron chi connectivity index (χ2n) is 4.10. The third kappa shape index (κ3) is 4.08. The van der Waals surface area contributed by atoms with E-state index in [1.54, 1.807) is 12.3 Å². The second kappa shape index (κ2) is 7.42. The van der Waals surface area contributed by atoms with Crippen molar-refractivity contribution in [2.75, 3.05) is 6.61 Å². The number of halogens is 3. The summed E-state index contributed by atoms with van der Waals surface area (Å²) in [5, 5.41) is 10.3. The molecule has 2 aromatic carbocycles. The molecule has 0 bridgehead atoms. The Morgan fingerprint density at radius 1 is 1.19 bits per heavy atom. The van der Waals surface area contributed by atoms with E-state index < -0.39 is 0 Å². The van der Waals surface area contributed by atoms with Crippen molar-refractivity contribution in [3.63, 3.8) is 0 Å². The molecule has 0 aromatic heterocycles. The van der Waals surface area contributed by atoms with Gasteiger partial charge in [-0.05, 0) is 69.1 Å². The fraction of sp³-hybridized carbons (Fsp3) is 0.133. The van der Waals surface area contributed by atoms with E-state index in [4.69, 9.17) is 4.74 Å². The lowest BCUT2D eigenvalue weighted by Gasteiger charge is -2.11. The summed E-state index contributed by atoms with van der Waals surface area (Å²) in [5.41, 5.74) is 1.36. The van der Waals surface area contributed by atoms with Crippen LogP contribution in [0.5, 0.6) is 11.5 Å². The first-order valence-corrected chi connectivity index (χ1v) is 8.54. The van der Waals surface area contributed by atoms with E-state index >= 15 is 0 Å². The number of benzene rings is 2. The molecule has 0 aliphatic carbocycles. The van der Waals surface area contributed by atoms with Crippen LogP contribution in [0.4, 0.5) is 5.69 Å². The van der Waals surface area contributed by atoms with Gasteiger partial charge in [-0.3, -0.25) is 4.99 Å². The van der Waals surface area contributed by atoms with Gasteiger partial charge in [-0.15, -0.1) is 0 Å². The number of nitrogens with zero attached hydrogens (tertiary/aromatic N) is 1. The van der Waals surface area contributed by atoms with Gasteiger partial charge in [-0.25, -0.2) is 0 Å². The van der Waals surface area contributed by atoms with Gasteiger partial charge in [0.25, 0.3) is 0 Å². The average Bonchev–Trinajstić information content (AvgIpc) is 2.47. The van der Waals surface area contributed by atoms with Crippen LogP contribution >= 0.6 is 47.8 Å². The zero-order valence-electron chi connectivity index (χ0n) is 11.1. The van der Waals surface area contributed by atoms with Gasteiger partial charge in [0.1, 0.15) is 0 Å². The van der Waals surface area contributed by atoms with Crippen LogP contribution in [0.25, 0.3) is 0 Å². The SMILES string of the molecule is CCOc1cc(Br)c(Br)c(C=Nc2ccc(Br)cc2)c1O. The van der Waals surface area contributed by atoms with E-state index in [-0.39, 0.29) is 5.75 Å². The molecule has 2 rings (SSSR count). The van der Waals surface area contributed by atoms with E-state index in [2.05, 4.69) is 52.8 Å². The molecule has 0 unspecified atom stereocenters. The van der Waals surface area contributed by atoms with Gasteiger partial charge in [0.05, 0.1) is 17.9 Å². The number of aromatic hydroxyl groups is 1. The lowest BCUT2D eigenvalue weighted by Crippen LogP contribution is -1.95. The standard InChI is InChI=1S/C15H12Br3NO2/c1-2-21-13-7-12(17)14(18)11(15(13)20)8-19-10-5-3-9(16)4-6-10/h3-8,20H,2H2,1H3. The smallest absolute Gasteiger partial charge is 0.167 e. The topological polar surface area (TPSA) is 41.8 Å². The molecule has 3 nitrogen and oxygen atoms in total. The number of hydrogen-bond donors (Lipinski definition) is 1. The van der Waals surface area contributed by atoms with Crippen molar-refractivity contribution in [1.29, 1.82) is 0 Å². The van der Waals surface area contributed by atoms with Crippen molar-refractivity contribution in [2.24, 2.45) is 4.99 Å². The Balaban J connectivity index is 2.40. The fourth-order valence-electron chi connectivity index (χ4n) is 1.66. The second-order valence-corrected chi connectivity index (χ2v) is 6.66. The minimum atomic E-state index is 0.0628. The lowest BCUT2D eigenvalue weighted by atomic mass is 10.2. The number of phenols is 1. The number of rotatable bonds is 4. The Hall–Kier alpha value is -0.850. The van der Waals surface area contributed by atoms with Gasteiger partial charge in [0.2, 0.25) is 0 Å². The lowest BCUT2D eigenvalue weighted by molar-refractivity contribution is 0.317. The maximum absolute atomic E-state index is 10.3. The van der Waals surface area contributed by atoms with Crippen LogP contribution in [-0.4, -0.2) is 17.9 Å². The third-order valence-electron chi connectivity index (χ3n) is 2.66. The average molecular weight is 478 g/mol. The number of aliphatic imine (C=N–C) groups is 1. The minimum Gasteiger partial charge on any atom is -0.504 e. The maximum atomic E-state index is 10.3. The van der Waals surface area contributed by atoms with Crippen molar-refractivity contribution in [3.8, 4) is 11.5 Å². The summed E-state index contributed by atoms with van der Waals surface area (Å²) in [5.74, 6) is 0.484. The van der Waals surface area contributed by atoms with E-state index in [0.29, 0.717) is 17.9 Å². The normalized spacial score (nSPS) is 11.0. The number of hydrogen-bond acceptors (Lipinski definition) is 3. The number of ether oxygens (including phenoxy) is 1. The summed E-state index contributed by atoms with van der Waals surface area (Å²) in [6, 6.07) is 9.31. The Labute approximate surface area is 148 Å². The largest absolute Gasteiger partial charge is 0.504 e. The van der Waals surface area contributed by atoms with Gasteiger partial charge in [-0.1, -0.05) is 15.9 Å². The summed E-state index contributed by atoms with van der Waals surface area (Å²) in [6.45, 7) is 2.34. The fourth-order valence-corrected chi connectivity index (χ4v) is 2.75. The van der Waals surface area contributed by atoms with Crippen molar-refractivity contribution < 1.29 is 9.84 Å². The molecule has 0 aliphatic heterocycles. The van der Waals surface area contributed by atoms with E-state index in [1.807, 2.05) is 31.2 Å². The molecule has 0 atom stereocenters. The van der Waals surface area contributed by atoms with Gasteiger partial charge in [-0.2, -0.15) is 0 Å². The molecule has 2 aromatic rings. The molecular formula is C15H12Br3NO2. The molecule has 0 saturated carbocycles. The van der Waals surface area contributed by atoms with Gasteiger partial charge in [0.15, 0.2) is 11.5 Å². The predicted molar refractivity (Wildman–Crippen MR) is 96.1 cm³/mol. The van der Waals surface area contributed by atoms with Crippen LogP contribution in [0.15, 0.2) is 48.7 Å². The van der Waals surface area contributed by atoms with Crippen LogP contribution < -0.4 is 4.74 Å². The van der Waals surface area contributed by atoms with Crippen LogP contribution in [0.2, 0.25) is 0 Å². The molecular weight excluding hydrogens is 466 g/mol. The first-order chi connectivity index (χ1) is 10.0. The van der Waals surface area contributed by atoms with E-state index in [9.17, 15) is 5.11 Å². The minimum absolute atomic E-state index is 0.0628. The monoisotopic (exact) mass is 475 g/mol. The molecule has 0 saturated heterocycles. The highest BCUT2D eigenvalue weighted by Gasteiger charge is 2.14. The summed E-state index contributed by atoms with van der Waals surface area (Å²) in [4.78, 5) is 4.37. The zero-order chi connectivity index (χ0) is 15.4. The molecule has 0 amide bonds. The number of phenolic OH excluding ortho intramolecular Hbond substituents is 1. The molecule has 0 fully saturated rings. The molecule has 0 heterocycles. The first kappa shape index (κ1) is 16.5. The van der Waals surface area contributed by atoms with E-state index in [0.717, 1.165) is 19.1 Å². The molecule has 0 spiro atoms. The zero-order valence-corrected chi connectivity index (χ0v) is 15.9. The van der Waals surface area contributed by atoms with Crippen molar-refractivity contribution in [1.82, 2.24) is 0 Å². The molecule has 0 aliphatic rings. The molecule has 21 heavy (non-hydrogen) atoms. The molecule has 0 radical (unpaired) electrons. The summed E-state index contributed by atoms with van der Waals surface area (Å²) >= 11 is 10.3. The Bertz CT molecular complexity index is 670. The van der Waals surface area contributed by atoms with Crippen LogP contribution in [-0.2, 0) is 0 Å². The quantitative estimate of drug-likeness (QED) is 0.563. The summed E-state index contributed by atoms with van der Waals surface area (Å²) in [7, 11) is 0. The van der Waals surface area contributed by atoms with Crippen molar-refractivity contribution in [2.45, 2.75) is 6.92 Å². The Morgan fingerprint density at radius 3 is 2.48 bits per heavy atom. The van der Waals surface area contributed by atoms with Crippen LogP contribution in [0, 0.1) is 0 Å². The predicted octanol–water partition coefficient (Wildman–Crippen LogP) is 5.83. The van der Waals surface area contributed by atoms with Crippen molar-refractivity contribution >= 4 is 59.7 Å². The highest BCUT2D eigenvalue weighted by atomic mass is 79.9. The highest BCUT2D eigenvalue weighted by Crippen LogP contribution is 2.39. The van der Waals surface area contributed by atoms with Crippen molar-refractivity contribution in [3.05, 3.63) is 49.3 Å². The van der Waals surface area contributed by atoms with Gasteiger partial charge in [0, 0.05) is 19.6 Å².